The Kier molecular flexibility index (Phi) is 17.7. The van der Waals surface area contributed by atoms with E-state index in [-0.39, 0.29) is 11.8 Å². The van der Waals surface area contributed by atoms with Gasteiger partial charge < -0.3 is 25.0 Å². The normalized spacial score (nSPS) is 24.3. The van der Waals surface area contributed by atoms with Crippen LogP contribution in [0, 0.1) is 5.92 Å². The van der Waals surface area contributed by atoms with Crippen LogP contribution in [0.25, 0.3) is 0 Å². The van der Waals surface area contributed by atoms with Crippen LogP contribution in [0.3, 0.4) is 0 Å². The number of ether oxygens (including phenoxy) is 2. The average molecular weight is 586 g/mol. The largest absolute Gasteiger partial charge is 0.511 e. The van der Waals surface area contributed by atoms with Crippen LogP contribution in [0.2, 0.25) is 0 Å². The number of allylic oxidation sites excluding steroid dienone is 8. The van der Waals surface area contributed by atoms with E-state index in [1.807, 2.05) is 58.9 Å². The van der Waals surface area contributed by atoms with Crippen molar-refractivity contribution in [1.82, 2.24) is 5.32 Å². The summed E-state index contributed by atoms with van der Waals surface area (Å²) in [6.07, 6.45) is 17.8. The molecule has 1 heterocycles. The van der Waals surface area contributed by atoms with Gasteiger partial charge in [0.2, 0.25) is 5.91 Å². The number of hydrogen-bond acceptors (Lipinski definition) is 7. The topological polar surface area (TPSA) is 150 Å². The summed E-state index contributed by atoms with van der Waals surface area (Å²) in [6, 6.07) is 0. The van der Waals surface area contributed by atoms with E-state index in [0.717, 1.165) is 16.7 Å². The maximum absolute atomic E-state index is 12.7. The smallest absolute Gasteiger partial charge is 0.458 e. The molecular weight excluding hydrogens is 536 g/mol. The van der Waals surface area contributed by atoms with Crippen LogP contribution in [-0.4, -0.2) is 52.6 Å². The number of cyclic esters (lactones) is 1. The predicted octanol–water partition coefficient (Wildman–Crippen LogP) is 4.51. The van der Waals surface area contributed by atoms with E-state index in [9.17, 15) is 24.6 Å². The van der Waals surface area contributed by atoms with Crippen LogP contribution in [0.15, 0.2) is 83.7 Å². The highest BCUT2D eigenvalue weighted by molar-refractivity contribution is 5.88. The molecule has 232 valence electrons. The van der Waals surface area contributed by atoms with Crippen molar-refractivity contribution in [2.45, 2.75) is 97.6 Å². The Balaban J connectivity index is 3.06. The summed E-state index contributed by atoms with van der Waals surface area (Å²) >= 11 is 0. The molecule has 0 bridgehead atoms. The van der Waals surface area contributed by atoms with Crippen molar-refractivity contribution in [1.29, 1.82) is 0 Å². The quantitative estimate of drug-likeness (QED) is 0.155. The molecule has 0 radical (unpaired) electrons. The summed E-state index contributed by atoms with van der Waals surface area (Å²) in [5, 5.41) is 23.6. The number of esters is 1. The van der Waals surface area contributed by atoms with Crippen molar-refractivity contribution in [3.8, 4) is 0 Å². The summed E-state index contributed by atoms with van der Waals surface area (Å²) in [5.74, 6) is -0.742. The summed E-state index contributed by atoms with van der Waals surface area (Å²) in [6.45, 7) is 9.59. The molecule has 1 rings (SSSR count). The maximum atomic E-state index is 12.7. The zero-order valence-corrected chi connectivity index (χ0v) is 25.6. The number of rotatable bonds is 6. The molecule has 0 aliphatic carbocycles. The molecule has 6 N–H and O–H groups in total. The second-order valence-corrected chi connectivity index (χ2v) is 10.8. The van der Waals surface area contributed by atoms with Gasteiger partial charge in [0, 0.05) is 30.7 Å². The van der Waals surface area contributed by atoms with Gasteiger partial charge in [-0.1, -0.05) is 66.2 Å². The third kappa shape index (κ3) is 16.7. The highest BCUT2D eigenvalue weighted by Crippen LogP contribution is 2.21. The van der Waals surface area contributed by atoms with E-state index in [1.54, 1.807) is 24.4 Å². The highest BCUT2D eigenvalue weighted by atomic mass is 16.6. The van der Waals surface area contributed by atoms with Gasteiger partial charge in [-0.15, -0.1) is 0 Å². The lowest BCUT2D eigenvalue weighted by molar-refractivity contribution is -0.292. The number of nitrogens with one attached hydrogen (secondary N) is 1. The van der Waals surface area contributed by atoms with Gasteiger partial charge in [0.15, 0.2) is 0 Å². The minimum Gasteiger partial charge on any atom is -0.458 e. The van der Waals surface area contributed by atoms with Gasteiger partial charge in [0.05, 0.1) is 0 Å². The van der Waals surface area contributed by atoms with Crippen molar-refractivity contribution in [3.05, 3.63) is 83.7 Å². The number of carbonyl (C=O) groups excluding carboxylic acids is 3. The van der Waals surface area contributed by atoms with Crippen molar-refractivity contribution in [3.63, 3.8) is 0 Å². The van der Waals surface area contributed by atoms with Crippen molar-refractivity contribution >= 4 is 18.0 Å². The van der Waals surface area contributed by atoms with Gasteiger partial charge in [-0.05, 0) is 65.9 Å². The number of aliphatic hydroxyl groups is 2. The zero-order valence-electron chi connectivity index (χ0n) is 25.6. The third-order valence-corrected chi connectivity index (χ3v) is 6.37. The van der Waals surface area contributed by atoms with Crippen LogP contribution in [0.1, 0.15) is 73.1 Å². The van der Waals surface area contributed by atoms with Gasteiger partial charge in [-0.2, -0.15) is 4.79 Å². The molecule has 1 aliphatic rings. The summed E-state index contributed by atoms with van der Waals surface area (Å²) in [4.78, 5) is 35.9. The molecule has 0 aromatic carbocycles. The molecule has 9 heteroatoms. The van der Waals surface area contributed by atoms with E-state index in [1.165, 1.54) is 18.2 Å². The molecule has 0 saturated heterocycles. The Bertz CT molecular complexity index is 1090. The second-order valence-electron chi connectivity index (χ2n) is 10.8. The van der Waals surface area contributed by atoms with Gasteiger partial charge in [-0.3, -0.25) is 10.5 Å². The summed E-state index contributed by atoms with van der Waals surface area (Å²) < 4.78 is 11.0. The number of quaternary nitrogens is 1. The molecule has 0 aromatic heterocycles. The molecule has 5 atom stereocenters. The average Bonchev–Trinajstić information content (AvgIpc) is 2.89. The Morgan fingerprint density at radius 2 is 1.86 bits per heavy atom. The minimum atomic E-state index is -1.28. The third-order valence-electron chi connectivity index (χ3n) is 6.37. The summed E-state index contributed by atoms with van der Waals surface area (Å²) in [5.41, 5.74) is 6.08. The molecule has 1 aliphatic heterocycles. The second kappa shape index (κ2) is 20.4. The lowest BCUT2D eigenvalue weighted by atomic mass is 9.95. The van der Waals surface area contributed by atoms with Gasteiger partial charge in [0.25, 0.3) is 0 Å². The first-order chi connectivity index (χ1) is 19.9. The van der Waals surface area contributed by atoms with E-state index < -0.39 is 36.5 Å². The van der Waals surface area contributed by atoms with Crippen molar-refractivity contribution in [2.24, 2.45) is 5.92 Å². The van der Waals surface area contributed by atoms with Gasteiger partial charge in [0.1, 0.15) is 24.4 Å². The molecule has 0 fully saturated rings. The van der Waals surface area contributed by atoms with E-state index in [4.69, 9.17) is 9.47 Å². The number of aliphatic hydroxyl groups excluding tert-OH is 2. The lowest BCUT2D eigenvalue weighted by Crippen LogP contribution is -2.59. The van der Waals surface area contributed by atoms with Crippen LogP contribution in [-0.2, 0) is 19.1 Å². The van der Waals surface area contributed by atoms with Crippen LogP contribution in [0.4, 0.5) is 4.79 Å². The fraction of sp³-hybridized carbons (Fsp3) is 0.485. The molecule has 0 aromatic rings. The van der Waals surface area contributed by atoms with Crippen LogP contribution >= 0.6 is 0 Å². The number of carbonyl (C=O) groups is 3. The molecule has 0 saturated carbocycles. The Morgan fingerprint density at radius 1 is 1.14 bits per heavy atom. The first-order valence-corrected chi connectivity index (χ1v) is 14.4. The molecular formula is C33H49N2O7+. The Morgan fingerprint density at radius 3 is 2.55 bits per heavy atom. The number of hydrogen-bond donors (Lipinski definition) is 4. The molecule has 5 unspecified atom stereocenters. The fourth-order valence-corrected chi connectivity index (χ4v) is 4.22. The standard InChI is InChI=1S/C33H48N2O7/c1-23(2)20-30(37)35-19-18-25(4)21-26(5)29-22-24(3)14-10-6-8-12-16-28(42-33(34)40)32(39)27(36)15-11-7-9-13-17-31(38)41-29/h6,10-11,13-15,17-21,26-29,32,36,39H,7-9,12,16,22H2,1-5H3,(H2,34,40)(H,35,37)/p+1. The van der Waals surface area contributed by atoms with Crippen LogP contribution < -0.4 is 11.1 Å². The van der Waals surface area contributed by atoms with Crippen LogP contribution in [0.5, 0.6) is 0 Å². The van der Waals surface area contributed by atoms with E-state index in [2.05, 4.69) is 11.1 Å². The van der Waals surface area contributed by atoms with Gasteiger partial charge >= 0.3 is 12.1 Å². The maximum Gasteiger partial charge on any atom is 0.511 e. The van der Waals surface area contributed by atoms with E-state index >= 15 is 0 Å². The molecule has 0 spiro atoms. The minimum absolute atomic E-state index is 0.103. The molecule has 2 amide bonds. The first-order valence-electron chi connectivity index (χ1n) is 14.4. The van der Waals surface area contributed by atoms with E-state index in [0.29, 0.717) is 38.5 Å². The predicted molar refractivity (Wildman–Crippen MR) is 164 cm³/mol. The SMILES string of the molecule is CC(C)=CC(=O)NC=CC(C)=CC(C)C1CC(C)=CC=CCCCC(OC([NH3+])=O)C(O)C(O)C=CCCC=CC(=O)O1. The highest BCUT2D eigenvalue weighted by Gasteiger charge is 2.28. The lowest BCUT2D eigenvalue weighted by Gasteiger charge is -2.23. The molecule has 9 nitrogen and oxygen atoms in total. The monoisotopic (exact) mass is 585 g/mol. The molecule has 42 heavy (non-hydrogen) atoms. The first kappa shape index (κ1) is 36.5. The Hall–Kier alpha value is -3.53. The van der Waals surface area contributed by atoms with Crippen molar-refractivity contribution < 1.29 is 39.8 Å². The summed E-state index contributed by atoms with van der Waals surface area (Å²) in [7, 11) is 0. The Labute approximate surface area is 250 Å². The number of amides is 2. The zero-order chi connectivity index (χ0) is 31.5. The van der Waals surface area contributed by atoms with Gasteiger partial charge in [-0.25, -0.2) is 4.79 Å². The van der Waals surface area contributed by atoms with Crippen molar-refractivity contribution in [2.75, 3.05) is 0 Å². The fourth-order valence-electron chi connectivity index (χ4n) is 4.22.